The summed E-state index contributed by atoms with van der Waals surface area (Å²) in [6.07, 6.45) is -0.164. The van der Waals surface area contributed by atoms with Crippen LogP contribution < -0.4 is 11.1 Å². The van der Waals surface area contributed by atoms with Crippen molar-refractivity contribution in [2.45, 2.75) is 38.3 Å². The molecule has 1 aliphatic rings. The number of halogens is 4. The van der Waals surface area contributed by atoms with Gasteiger partial charge in [-0.2, -0.15) is 13.2 Å². The van der Waals surface area contributed by atoms with Crippen molar-refractivity contribution >= 4 is 23.2 Å². The molecule has 0 bridgehead atoms. The van der Waals surface area contributed by atoms with E-state index in [-0.39, 0.29) is 16.7 Å². The van der Waals surface area contributed by atoms with Crippen LogP contribution in [0.1, 0.15) is 37.7 Å². The lowest BCUT2D eigenvalue weighted by atomic mass is 9.65. The topological polar surface area (TPSA) is 68.0 Å². The SMILES string of the molecule is NC(=O)C1(CCCNc2cc(Cl)ncc2C(F)(F)F)CCC1. The summed E-state index contributed by atoms with van der Waals surface area (Å²) in [6.45, 7) is 0.304. The normalized spacial score (nSPS) is 16.9. The van der Waals surface area contributed by atoms with Crippen LogP contribution in [0.2, 0.25) is 5.15 Å². The molecular weight excluding hydrogens is 319 g/mol. The highest BCUT2D eigenvalue weighted by atomic mass is 35.5. The zero-order chi connectivity index (χ0) is 16.4. The minimum absolute atomic E-state index is 0.0110. The first-order valence-corrected chi connectivity index (χ1v) is 7.39. The zero-order valence-electron chi connectivity index (χ0n) is 11.8. The Balaban J connectivity index is 1.94. The molecule has 4 nitrogen and oxygen atoms in total. The Bertz CT molecular complexity index is 559. The van der Waals surface area contributed by atoms with E-state index < -0.39 is 17.2 Å². The second-order valence-electron chi connectivity index (χ2n) is 5.58. The molecule has 0 atom stereocenters. The van der Waals surface area contributed by atoms with E-state index in [4.69, 9.17) is 17.3 Å². The molecule has 2 rings (SSSR count). The van der Waals surface area contributed by atoms with Crippen molar-refractivity contribution in [1.29, 1.82) is 0 Å². The Kier molecular flexibility index (Phi) is 4.84. The molecule has 22 heavy (non-hydrogen) atoms. The highest BCUT2D eigenvalue weighted by molar-refractivity contribution is 6.29. The number of aromatic nitrogens is 1. The number of nitrogens with two attached hydrogens (primary N) is 1. The van der Waals surface area contributed by atoms with Crippen molar-refractivity contribution in [3.63, 3.8) is 0 Å². The van der Waals surface area contributed by atoms with Crippen molar-refractivity contribution in [2.75, 3.05) is 11.9 Å². The van der Waals surface area contributed by atoms with Gasteiger partial charge in [0.1, 0.15) is 5.15 Å². The van der Waals surface area contributed by atoms with Crippen LogP contribution >= 0.6 is 11.6 Å². The van der Waals surface area contributed by atoms with E-state index in [2.05, 4.69) is 10.3 Å². The number of rotatable bonds is 6. The van der Waals surface area contributed by atoms with Gasteiger partial charge in [-0.1, -0.05) is 18.0 Å². The molecule has 1 aliphatic carbocycles. The maximum absolute atomic E-state index is 12.9. The highest BCUT2D eigenvalue weighted by Crippen LogP contribution is 2.44. The average Bonchev–Trinajstić information content (AvgIpc) is 2.34. The molecule has 1 aromatic heterocycles. The van der Waals surface area contributed by atoms with Gasteiger partial charge < -0.3 is 11.1 Å². The lowest BCUT2D eigenvalue weighted by Gasteiger charge is -2.39. The first kappa shape index (κ1) is 16.9. The number of hydrogen-bond acceptors (Lipinski definition) is 3. The molecule has 8 heteroatoms. The van der Waals surface area contributed by atoms with Crippen molar-refractivity contribution < 1.29 is 18.0 Å². The van der Waals surface area contributed by atoms with Gasteiger partial charge in [-0.25, -0.2) is 4.98 Å². The van der Waals surface area contributed by atoms with E-state index in [1.54, 1.807) is 0 Å². The maximum atomic E-state index is 12.9. The van der Waals surface area contributed by atoms with Gasteiger partial charge in [0.25, 0.3) is 0 Å². The van der Waals surface area contributed by atoms with Crippen LogP contribution in [0.5, 0.6) is 0 Å². The predicted octanol–water partition coefficient (Wildman–Crippen LogP) is 3.60. The molecule has 1 amide bonds. The van der Waals surface area contributed by atoms with Crippen LogP contribution in [0.15, 0.2) is 12.3 Å². The number of anilines is 1. The van der Waals surface area contributed by atoms with Crippen molar-refractivity contribution in [1.82, 2.24) is 4.98 Å². The zero-order valence-corrected chi connectivity index (χ0v) is 12.6. The summed E-state index contributed by atoms with van der Waals surface area (Å²) in [4.78, 5) is 14.9. The fourth-order valence-corrected chi connectivity index (χ4v) is 2.83. The second kappa shape index (κ2) is 6.32. The van der Waals surface area contributed by atoms with Crippen molar-refractivity contribution in [2.24, 2.45) is 11.1 Å². The minimum atomic E-state index is -4.50. The minimum Gasteiger partial charge on any atom is -0.384 e. The van der Waals surface area contributed by atoms with Crippen molar-refractivity contribution in [3.05, 3.63) is 23.0 Å². The van der Waals surface area contributed by atoms with Crippen molar-refractivity contribution in [3.8, 4) is 0 Å². The molecule has 0 saturated heterocycles. The van der Waals surface area contributed by atoms with Crippen LogP contribution in [-0.4, -0.2) is 17.4 Å². The number of carbonyl (C=O) groups excluding carboxylic acids is 1. The number of alkyl halides is 3. The van der Waals surface area contributed by atoms with E-state index >= 15 is 0 Å². The van der Waals surface area contributed by atoms with E-state index in [1.807, 2.05) is 0 Å². The number of primary amides is 1. The monoisotopic (exact) mass is 335 g/mol. The van der Waals surface area contributed by atoms with Gasteiger partial charge in [0, 0.05) is 18.2 Å². The van der Waals surface area contributed by atoms with Crippen LogP contribution in [0.4, 0.5) is 18.9 Å². The number of nitrogens with zero attached hydrogens (tertiary/aromatic N) is 1. The van der Waals surface area contributed by atoms with Crippen LogP contribution in [0.3, 0.4) is 0 Å². The van der Waals surface area contributed by atoms with Gasteiger partial charge in [-0.3, -0.25) is 4.79 Å². The maximum Gasteiger partial charge on any atom is 0.419 e. The van der Waals surface area contributed by atoms with Crippen LogP contribution in [0.25, 0.3) is 0 Å². The standard InChI is InChI=1S/C14H17ClF3N3O/c15-11-7-10(9(8-21-11)14(16,17)18)20-6-2-5-13(12(19)22)3-1-4-13/h7-8H,1-6H2,(H2,19,22)(H,20,21). The molecule has 1 fully saturated rings. The molecule has 3 N–H and O–H groups in total. The third kappa shape index (κ3) is 3.63. The first-order chi connectivity index (χ1) is 10.2. The Morgan fingerprint density at radius 2 is 2.14 bits per heavy atom. The predicted molar refractivity (Wildman–Crippen MR) is 77.5 cm³/mol. The number of pyridine rings is 1. The fourth-order valence-electron chi connectivity index (χ4n) is 2.68. The number of hydrogen-bond donors (Lipinski definition) is 2. The van der Waals surface area contributed by atoms with E-state index in [0.29, 0.717) is 25.6 Å². The van der Waals surface area contributed by atoms with E-state index in [1.165, 1.54) is 0 Å². The lowest BCUT2D eigenvalue weighted by molar-refractivity contribution is -0.137. The Labute approximate surface area is 131 Å². The molecule has 1 heterocycles. The van der Waals surface area contributed by atoms with Gasteiger partial charge >= 0.3 is 6.18 Å². The fraction of sp³-hybridized carbons (Fsp3) is 0.571. The summed E-state index contributed by atoms with van der Waals surface area (Å²) in [7, 11) is 0. The highest BCUT2D eigenvalue weighted by Gasteiger charge is 2.41. The summed E-state index contributed by atoms with van der Waals surface area (Å²) in [5, 5.41) is 2.71. The van der Waals surface area contributed by atoms with Gasteiger partial charge in [0.05, 0.1) is 11.3 Å². The van der Waals surface area contributed by atoms with Gasteiger partial charge in [-0.05, 0) is 31.7 Å². The quantitative estimate of drug-likeness (QED) is 0.616. The molecule has 0 radical (unpaired) electrons. The summed E-state index contributed by atoms with van der Waals surface area (Å²) in [5.74, 6) is -0.318. The van der Waals surface area contributed by atoms with Gasteiger partial charge in [0.15, 0.2) is 0 Å². The van der Waals surface area contributed by atoms with Gasteiger partial charge in [-0.15, -0.1) is 0 Å². The first-order valence-electron chi connectivity index (χ1n) is 7.01. The number of nitrogens with one attached hydrogen (secondary N) is 1. The summed E-state index contributed by atoms with van der Waals surface area (Å²) < 4.78 is 38.6. The number of carbonyl (C=O) groups is 1. The molecule has 1 aromatic rings. The Morgan fingerprint density at radius 3 is 2.64 bits per heavy atom. The summed E-state index contributed by atoms with van der Waals surface area (Å²) in [6, 6.07) is 1.15. The third-order valence-corrected chi connectivity index (χ3v) is 4.36. The summed E-state index contributed by atoms with van der Waals surface area (Å²) >= 11 is 5.65. The van der Waals surface area contributed by atoms with E-state index in [0.717, 1.165) is 25.3 Å². The Morgan fingerprint density at radius 1 is 1.45 bits per heavy atom. The largest absolute Gasteiger partial charge is 0.419 e. The molecule has 122 valence electrons. The average molecular weight is 336 g/mol. The van der Waals surface area contributed by atoms with E-state index in [9.17, 15) is 18.0 Å². The molecule has 0 spiro atoms. The van der Waals surface area contributed by atoms with Crippen LogP contribution in [-0.2, 0) is 11.0 Å². The lowest BCUT2D eigenvalue weighted by Crippen LogP contribution is -2.42. The number of amides is 1. The molecule has 1 saturated carbocycles. The molecule has 0 aromatic carbocycles. The smallest absolute Gasteiger partial charge is 0.384 e. The molecule has 0 aliphatic heterocycles. The van der Waals surface area contributed by atoms with Gasteiger partial charge in [0.2, 0.25) is 5.91 Å². The molecule has 0 unspecified atom stereocenters. The Hall–Kier alpha value is -1.50. The second-order valence-corrected chi connectivity index (χ2v) is 5.97. The third-order valence-electron chi connectivity index (χ3n) is 4.16. The van der Waals surface area contributed by atoms with Crippen LogP contribution in [0, 0.1) is 5.41 Å². The summed E-state index contributed by atoms with van der Waals surface area (Å²) in [5.41, 5.74) is 3.97. The molecular formula is C14H17ClF3N3O.